The number of imide groups is 1. The molecule has 3 rings (SSSR count). The Hall–Kier alpha value is -3.31. The Bertz CT molecular complexity index is 1150. The summed E-state index contributed by atoms with van der Waals surface area (Å²) >= 11 is 0. The van der Waals surface area contributed by atoms with Gasteiger partial charge in [0.05, 0.1) is 137 Å². The maximum Gasteiger partial charge on any atom is 0.261 e. The Morgan fingerprint density at radius 3 is 1.10 bits per heavy atom. The third kappa shape index (κ3) is 17.3. The van der Waals surface area contributed by atoms with Gasteiger partial charge in [0.1, 0.15) is 18.6 Å². The Balaban J connectivity index is 0.935. The largest absolute Gasteiger partial charge is 0.491 e. The number of hydrogen-bond acceptors (Lipinski definition) is 13. The van der Waals surface area contributed by atoms with Crippen LogP contribution in [0.4, 0.5) is 0 Å². The average Bonchev–Trinajstić information content (AvgIpc) is 3.37. The first kappa shape index (κ1) is 40.1. The highest BCUT2D eigenvalue weighted by Gasteiger charge is 2.34. The van der Waals surface area contributed by atoms with Gasteiger partial charge >= 0.3 is 0 Å². The van der Waals surface area contributed by atoms with Gasteiger partial charge in [-0.2, -0.15) is 0 Å². The van der Waals surface area contributed by atoms with Gasteiger partial charge in [-0.15, -0.1) is 0 Å². The van der Waals surface area contributed by atoms with Crippen molar-refractivity contribution in [2.45, 2.75) is 0 Å². The van der Waals surface area contributed by atoms with Gasteiger partial charge in [0.25, 0.3) is 11.8 Å². The number of benzene rings is 2. The highest BCUT2D eigenvalue weighted by Crippen LogP contribution is 2.21. The molecule has 2 aromatic rings. The quantitative estimate of drug-likeness (QED) is 0.0629. The Labute approximate surface area is 287 Å². The van der Waals surface area contributed by atoms with E-state index in [2.05, 4.69) is 0 Å². The van der Waals surface area contributed by atoms with Gasteiger partial charge in [0.2, 0.25) is 0 Å². The van der Waals surface area contributed by atoms with E-state index in [9.17, 15) is 14.4 Å². The van der Waals surface area contributed by atoms with Crippen LogP contribution < -0.4 is 4.74 Å². The predicted octanol–water partition coefficient (Wildman–Crippen LogP) is 2.32. The van der Waals surface area contributed by atoms with Crippen molar-refractivity contribution in [1.29, 1.82) is 0 Å². The fourth-order valence-corrected chi connectivity index (χ4v) is 4.32. The van der Waals surface area contributed by atoms with E-state index < -0.39 is 0 Å². The van der Waals surface area contributed by atoms with Crippen LogP contribution in [-0.2, 0) is 42.6 Å². The lowest BCUT2D eigenvalue weighted by Gasteiger charge is -2.13. The molecule has 0 atom stereocenters. The van der Waals surface area contributed by atoms with Crippen LogP contribution in [0.25, 0.3) is 0 Å². The normalized spacial score (nSPS) is 12.5. The van der Waals surface area contributed by atoms with Crippen molar-refractivity contribution >= 4 is 18.1 Å². The molecule has 0 saturated heterocycles. The van der Waals surface area contributed by atoms with Crippen molar-refractivity contribution < 1.29 is 61.8 Å². The number of rotatable bonds is 32. The summed E-state index contributed by atoms with van der Waals surface area (Å²) in [5.41, 5.74) is 1.49. The van der Waals surface area contributed by atoms with Crippen LogP contribution in [0, 0.1) is 0 Å². The second-order valence-corrected chi connectivity index (χ2v) is 10.4. The number of ether oxygens (including phenoxy) is 10. The summed E-state index contributed by atoms with van der Waals surface area (Å²) in [6.45, 7) is 8.65. The lowest BCUT2D eigenvalue weighted by Crippen LogP contribution is -2.33. The molecule has 0 spiro atoms. The highest BCUT2D eigenvalue weighted by atomic mass is 16.6. The number of hydrogen-bond donors (Lipinski definition) is 0. The predicted molar refractivity (Wildman–Crippen MR) is 177 cm³/mol. The van der Waals surface area contributed by atoms with E-state index in [1.165, 1.54) is 4.90 Å². The average molecular weight is 692 g/mol. The Morgan fingerprint density at radius 2 is 0.755 bits per heavy atom. The maximum absolute atomic E-state index is 12.3. The summed E-state index contributed by atoms with van der Waals surface area (Å²) in [5, 5.41) is 0. The molecule has 0 fully saturated rings. The molecule has 0 N–H and O–H groups in total. The fourth-order valence-electron chi connectivity index (χ4n) is 4.32. The number of nitrogens with zero attached hydrogens (tertiary/aromatic N) is 1. The number of carbonyl (C=O) groups is 3. The summed E-state index contributed by atoms with van der Waals surface area (Å²) in [7, 11) is 0. The molecule has 0 unspecified atom stereocenters. The Kier molecular flexibility index (Phi) is 21.7. The summed E-state index contributed by atoms with van der Waals surface area (Å²) in [5.74, 6) is 0.136. The van der Waals surface area contributed by atoms with E-state index in [-0.39, 0.29) is 25.0 Å². The molecule has 1 aliphatic rings. The molecular weight excluding hydrogens is 642 g/mol. The van der Waals surface area contributed by atoms with Gasteiger partial charge in [0.15, 0.2) is 0 Å². The molecule has 14 heteroatoms. The van der Waals surface area contributed by atoms with Gasteiger partial charge in [-0.25, -0.2) is 0 Å². The van der Waals surface area contributed by atoms with Crippen molar-refractivity contribution in [2.75, 3.05) is 132 Å². The van der Waals surface area contributed by atoms with Crippen LogP contribution in [0.1, 0.15) is 31.1 Å². The number of carbonyl (C=O) groups excluding carboxylic acids is 3. The first-order valence-corrected chi connectivity index (χ1v) is 16.5. The van der Waals surface area contributed by atoms with Gasteiger partial charge in [-0.05, 0) is 36.4 Å². The van der Waals surface area contributed by atoms with E-state index in [1.807, 2.05) is 0 Å². The standard InChI is InChI=1S/C35H49NO13/c37-29-30-5-7-31(8-6-30)49-28-27-48-26-25-47-24-23-46-22-21-45-20-19-44-18-17-43-16-15-42-14-13-41-12-11-40-10-9-36-34(38)32-3-1-2-4-33(32)35(36)39/h1-8,29H,9-28H2. The molecular formula is C35H49NO13. The summed E-state index contributed by atoms with van der Waals surface area (Å²) < 4.78 is 54.8. The molecule has 14 nitrogen and oxygen atoms in total. The zero-order valence-electron chi connectivity index (χ0n) is 28.1. The molecule has 1 heterocycles. The smallest absolute Gasteiger partial charge is 0.261 e. The third-order valence-corrected chi connectivity index (χ3v) is 6.83. The van der Waals surface area contributed by atoms with Crippen molar-refractivity contribution in [1.82, 2.24) is 4.90 Å². The first-order valence-electron chi connectivity index (χ1n) is 16.5. The molecule has 0 aromatic heterocycles. The number of amides is 2. The fraction of sp³-hybridized carbons (Fsp3) is 0.571. The molecule has 0 radical (unpaired) electrons. The van der Waals surface area contributed by atoms with Crippen molar-refractivity contribution in [3.63, 3.8) is 0 Å². The molecule has 49 heavy (non-hydrogen) atoms. The highest BCUT2D eigenvalue weighted by molar-refractivity contribution is 6.21. The Morgan fingerprint density at radius 1 is 0.429 bits per heavy atom. The maximum atomic E-state index is 12.3. The zero-order valence-corrected chi connectivity index (χ0v) is 28.1. The van der Waals surface area contributed by atoms with E-state index >= 15 is 0 Å². The second-order valence-electron chi connectivity index (χ2n) is 10.4. The van der Waals surface area contributed by atoms with Crippen LogP contribution >= 0.6 is 0 Å². The van der Waals surface area contributed by atoms with Crippen LogP contribution in [0.15, 0.2) is 48.5 Å². The summed E-state index contributed by atoms with van der Waals surface area (Å²) in [6.07, 6.45) is 0.793. The molecule has 0 aliphatic carbocycles. The van der Waals surface area contributed by atoms with Crippen LogP contribution in [0.3, 0.4) is 0 Å². The third-order valence-electron chi connectivity index (χ3n) is 6.83. The van der Waals surface area contributed by atoms with Crippen molar-refractivity contribution in [2.24, 2.45) is 0 Å². The van der Waals surface area contributed by atoms with E-state index in [1.54, 1.807) is 48.5 Å². The van der Waals surface area contributed by atoms with Gasteiger partial charge in [-0.3, -0.25) is 19.3 Å². The number of fused-ring (bicyclic) bond motifs is 1. The lowest BCUT2D eigenvalue weighted by atomic mass is 10.1. The minimum atomic E-state index is -0.281. The summed E-state index contributed by atoms with van der Waals surface area (Å²) in [6, 6.07) is 13.7. The lowest BCUT2D eigenvalue weighted by molar-refractivity contribution is -0.0255. The van der Waals surface area contributed by atoms with Gasteiger partial charge in [0, 0.05) is 5.56 Å². The SMILES string of the molecule is O=Cc1ccc(OCCOCCOCCOCCOCCOCCOCCOCCOCCOCCN2C(=O)c3ccccc3C2=O)cc1. The van der Waals surface area contributed by atoms with Crippen LogP contribution in [-0.4, -0.2) is 155 Å². The van der Waals surface area contributed by atoms with Crippen LogP contribution in [0.5, 0.6) is 5.75 Å². The minimum absolute atomic E-state index is 0.211. The molecule has 1 aliphatic heterocycles. The van der Waals surface area contributed by atoms with Crippen molar-refractivity contribution in [3.05, 3.63) is 65.2 Å². The molecule has 0 bridgehead atoms. The minimum Gasteiger partial charge on any atom is -0.491 e. The van der Waals surface area contributed by atoms with Gasteiger partial charge < -0.3 is 47.4 Å². The van der Waals surface area contributed by atoms with Gasteiger partial charge in [-0.1, -0.05) is 12.1 Å². The van der Waals surface area contributed by atoms with E-state index in [0.717, 1.165) is 6.29 Å². The number of aldehydes is 1. The summed E-state index contributed by atoms with van der Waals surface area (Å²) in [4.78, 5) is 36.5. The molecule has 2 aromatic carbocycles. The molecule has 0 saturated carbocycles. The first-order chi connectivity index (χ1) is 24.2. The van der Waals surface area contributed by atoms with E-state index in [4.69, 9.17) is 47.4 Å². The second kappa shape index (κ2) is 26.5. The van der Waals surface area contributed by atoms with Crippen LogP contribution in [0.2, 0.25) is 0 Å². The monoisotopic (exact) mass is 691 g/mol. The molecule has 2 amide bonds. The zero-order chi connectivity index (χ0) is 34.6. The van der Waals surface area contributed by atoms with E-state index in [0.29, 0.717) is 141 Å². The van der Waals surface area contributed by atoms with Crippen molar-refractivity contribution in [3.8, 4) is 5.75 Å². The molecule has 272 valence electrons. The topological polar surface area (TPSA) is 147 Å².